The second kappa shape index (κ2) is 11.9. The monoisotopic (exact) mass is 538 g/mol. The Morgan fingerprint density at radius 1 is 1.23 bits per heavy atom. The molecule has 0 aliphatic carbocycles. The highest BCUT2D eigenvalue weighted by molar-refractivity contribution is 14.0. The van der Waals surface area contributed by atoms with Crippen molar-refractivity contribution >= 4 is 29.9 Å². The molecule has 1 aliphatic rings. The molecule has 0 bridgehead atoms. The maximum absolute atomic E-state index is 4.54. The molecule has 0 saturated carbocycles. The Balaban J connectivity index is 0.00000341. The fourth-order valence-corrected chi connectivity index (χ4v) is 4.47. The van der Waals surface area contributed by atoms with Gasteiger partial charge < -0.3 is 10.6 Å². The third-order valence-corrected chi connectivity index (χ3v) is 6.43. The Hall–Kier alpha value is -1.61. The molecular weight excluding hydrogens is 499 g/mol. The number of benzene rings is 1. The van der Waals surface area contributed by atoms with Crippen LogP contribution < -0.4 is 10.6 Å². The van der Waals surface area contributed by atoms with Crippen molar-refractivity contribution in [2.24, 2.45) is 12.0 Å². The summed E-state index contributed by atoms with van der Waals surface area (Å²) in [4.78, 5) is 7.07. The Labute approximate surface area is 204 Å². The van der Waals surface area contributed by atoms with Crippen molar-refractivity contribution in [1.29, 1.82) is 0 Å². The van der Waals surface area contributed by atoms with Gasteiger partial charge in [-0.2, -0.15) is 5.10 Å². The zero-order valence-electron chi connectivity index (χ0n) is 19.9. The van der Waals surface area contributed by atoms with Gasteiger partial charge in [-0.1, -0.05) is 31.2 Å². The lowest BCUT2D eigenvalue weighted by molar-refractivity contribution is 0.174. The number of guanidine groups is 1. The molecular formula is C24H39IN6. The number of hydrogen-bond donors (Lipinski definition) is 2. The second-order valence-electron chi connectivity index (χ2n) is 8.53. The molecule has 6 nitrogen and oxygen atoms in total. The van der Waals surface area contributed by atoms with E-state index < -0.39 is 0 Å². The smallest absolute Gasteiger partial charge is 0.191 e. The fourth-order valence-electron chi connectivity index (χ4n) is 4.47. The van der Waals surface area contributed by atoms with Gasteiger partial charge in [-0.15, -0.1) is 24.0 Å². The maximum Gasteiger partial charge on any atom is 0.191 e. The highest BCUT2D eigenvalue weighted by atomic mass is 127. The number of nitrogens with zero attached hydrogens (tertiary/aromatic N) is 4. The molecule has 0 radical (unpaired) electrons. The van der Waals surface area contributed by atoms with Gasteiger partial charge in [0.15, 0.2) is 5.96 Å². The summed E-state index contributed by atoms with van der Waals surface area (Å²) in [5, 5.41) is 11.7. The van der Waals surface area contributed by atoms with Gasteiger partial charge in [0.2, 0.25) is 0 Å². The first-order valence-corrected chi connectivity index (χ1v) is 11.2. The van der Waals surface area contributed by atoms with Crippen molar-refractivity contribution in [2.45, 2.75) is 65.6 Å². The van der Waals surface area contributed by atoms with E-state index in [2.05, 4.69) is 77.6 Å². The first kappa shape index (κ1) is 25.6. The van der Waals surface area contributed by atoms with E-state index in [-0.39, 0.29) is 30.0 Å². The van der Waals surface area contributed by atoms with E-state index >= 15 is 0 Å². The summed E-state index contributed by atoms with van der Waals surface area (Å²) in [5.74, 6) is 0.873. The Bertz CT molecular complexity index is 875. The number of aryl methyl sites for hydroxylation is 2. The van der Waals surface area contributed by atoms with Gasteiger partial charge in [0.05, 0.1) is 5.69 Å². The molecule has 2 heterocycles. The standard InChI is InChI=1S/C24H38N6.HI/c1-7-22(30-13-12-20-10-8-9-11-21(20)16-30)15-26-24(25-5)27-17(2)14-23-18(3)28-29(6)19(23)4;/h8-11,17,22H,7,12-16H2,1-6H3,(H2,25,26,27);1H. The van der Waals surface area contributed by atoms with Crippen LogP contribution in [0.1, 0.15) is 48.3 Å². The molecule has 2 N–H and O–H groups in total. The van der Waals surface area contributed by atoms with Gasteiger partial charge in [0.25, 0.3) is 0 Å². The van der Waals surface area contributed by atoms with E-state index in [1.165, 1.54) is 22.4 Å². The highest BCUT2D eigenvalue weighted by Crippen LogP contribution is 2.21. The Morgan fingerprint density at radius 3 is 2.55 bits per heavy atom. The molecule has 2 aromatic rings. The third-order valence-electron chi connectivity index (χ3n) is 6.43. The predicted octanol–water partition coefficient (Wildman–Crippen LogP) is 3.59. The van der Waals surface area contributed by atoms with E-state index in [0.29, 0.717) is 6.04 Å². The minimum absolute atomic E-state index is 0. The number of fused-ring (bicyclic) bond motifs is 1. The Morgan fingerprint density at radius 2 is 1.94 bits per heavy atom. The van der Waals surface area contributed by atoms with Gasteiger partial charge in [0, 0.05) is 51.5 Å². The molecule has 2 atom stereocenters. The zero-order chi connectivity index (χ0) is 21.7. The molecule has 2 unspecified atom stereocenters. The maximum atomic E-state index is 4.54. The van der Waals surface area contributed by atoms with Crippen LogP contribution in [0.2, 0.25) is 0 Å². The summed E-state index contributed by atoms with van der Waals surface area (Å²) in [7, 11) is 3.86. The van der Waals surface area contributed by atoms with Crippen molar-refractivity contribution in [3.8, 4) is 0 Å². The van der Waals surface area contributed by atoms with Gasteiger partial charge in [-0.05, 0) is 56.7 Å². The fraction of sp³-hybridized carbons (Fsp3) is 0.583. The lowest BCUT2D eigenvalue weighted by atomic mass is 9.98. The van der Waals surface area contributed by atoms with Crippen LogP contribution in [-0.2, 0) is 26.4 Å². The average molecular weight is 539 g/mol. The lowest BCUT2D eigenvalue weighted by Gasteiger charge is -2.35. The molecule has 0 fully saturated rings. The SMILES string of the molecule is CCC(CNC(=NC)NC(C)Cc1c(C)nn(C)c1C)N1CCc2ccccc2C1.I. The molecule has 172 valence electrons. The predicted molar refractivity (Wildman–Crippen MR) is 140 cm³/mol. The average Bonchev–Trinajstić information content (AvgIpc) is 2.99. The number of nitrogens with one attached hydrogen (secondary N) is 2. The van der Waals surface area contributed by atoms with Crippen LogP contribution in [0.4, 0.5) is 0 Å². The number of aromatic nitrogens is 2. The third kappa shape index (κ3) is 6.44. The van der Waals surface area contributed by atoms with E-state index in [4.69, 9.17) is 0 Å². The number of hydrogen-bond acceptors (Lipinski definition) is 3. The van der Waals surface area contributed by atoms with Crippen LogP contribution >= 0.6 is 24.0 Å². The minimum Gasteiger partial charge on any atom is -0.355 e. The first-order valence-electron chi connectivity index (χ1n) is 11.2. The second-order valence-corrected chi connectivity index (χ2v) is 8.53. The summed E-state index contributed by atoms with van der Waals surface area (Å²) in [6.07, 6.45) is 3.20. The number of rotatable bonds is 7. The van der Waals surface area contributed by atoms with Gasteiger partial charge in [-0.25, -0.2) is 0 Å². The van der Waals surface area contributed by atoms with Gasteiger partial charge >= 0.3 is 0 Å². The molecule has 1 aliphatic heterocycles. The Kier molecular flexibility index (Phi) is 9.81. The summed E-state index contributed by atoms with van der Waals surface area (Å²) >= 11 is 0. The van der Waals surface area contributed by atoms with Crippen LogP contribution in [0.25, 0.3) is 0 Å². The van der Waals surface area contributed by atoms with Crippen molar-refractivity contribution < 1.29 is 0 Å². The summed E-state index contributed by atoms with van der Waals surface area (Å²) in [6, 6.07) is 9.62. The molecule has 0 amide bonds. The zero-order valence-corrected chi connectivity index (χ0v) is 22.2. The summed E-state index contributed by atoms with van der Waals surface area (Å²) in [6.45, 7) is 11.8. The summed E-state index contributed by atoms with van der Waals surface area (Å²) in [5.41, 5.74) is 6.65. The molecule has 1 aromatic carbocycles. The van der Waals surface area contributed by atoms with E-state index in [9.17, 15) is 0 Å². The minimum atomic E-state index is 0. The van der Waals surface area contributed by atoms with Gasteiger partial charge in [-0.3, -0.25) is 14.6 Å². The topological polar surface area (TPSA) is 57.5 Å². The number of aliphatic imine (C=N–C) groups is 1. The summed E-state index contributed by atoms with van der Waals surface area (Å²) < 4.78 is 1.97. The van der Waals surface area contributed by atoms with E-state index in [1.54, 1.807) is 0 Å². The molecule has 0 saturated heterocycles. The first-order chi connectivity index (χ1) is 14.4. The van der Waals surface area contributed by atoms with Crippen LogP contribution in [0.15, 0.2) is 29.3 Å². The molecule has 1 aromatic heterocycles. The quantitative estimate of drug-likeness (QED) is 0.322. The molecule has 0 spiro atoms. The van der Waals surface area contributed by atoms with Crippen molar-refractivity contribution in [3.63, 3.8) is 0 Å². The van der Waals surface area contributed by atoms with Crippen molar-refractivity contribution in [2.75, 3.05) is 20.1 Å². The van der Waals surface area contributed by atoms with Crippen LogP contribution in [0.5, 0.6) is 0 Å². The van der Waals surface area contributed by atoms with Gasteiger partial charge in [0.1, 0.15) is 0 Å². The lowest BCUT2D eigenvalue weighted by Crippen LogP contribution is -2.50. The van der Waals surface area contributed by atoms with Crippen LogP contribution in [0.3, 0.4) is 0 Å². The normalized spacial score (nSPS) is 16.3. The van der Waals surface area contributed by atoms with Crippen LogP contribution in [0, 0.1) is 13.8 Å². The van der Waals surface area contributed by atoms with E-state index in [1.807, 2.05) is 18.8 Å². The van der Waals surface area contributed by atoms with E-state index in [0.717, 1.165) is 50.6 Å². The molecule has 7 heteroatoms. The number of halogens is 1. The highest BCUT2D eigenvalue weighted by Gasteiger charge is 2.22. The molecule has 31 heavy (non-hydrogen) atoms. The van der Waals surface area contributed by atoms with Crippen molar-refractivity contribution in [3.05, 3.63) is 52.3 Å². The largest absolute Gasteiger partial charge is 0.355 e. The molecule has 3 rings (SSSR count). The van der Waals surface area contributed by atoms with Crippen LogP contribution in [-0.4, -0.2) is 52.9 Å². The van der Waals surface area contributed by atoms with Crippen molar-refractivity contribution in [1.82, 2.24) is 25.3 Å².